The second-order valence-corrected chi connectivity index (χ2v) is 11.7. The molecule has 1 aliphatic heterocycles. The van der Waals surface area contributed by atoms with Crippen molar-refractivity contribution in [1.82, 2.24) is 15.1 Å². The average Bonchev–Trinajstić information content (AvgIpc) is 3.45. The van der Waals surface area contributed by atoms with Gasteiger partial charge in [-0.3, -0.25) is 14.5 Å². The molecular weight excluding hydrogens is 540 g/mol. The Hall–Kier alpha value is -3.27. The molecule has 1 saturated carbocycles. The van der Waals surface area contributed by atoms with Gasteiger partial charge in [0, 0.05) is 27.1 Å². The molecule has 2 aliphatic rings. The number of rotatable bonds is 7. The van der Waals surface area contributed by atoms with Crippen LogP contribution in [0.1, 0.15) is 28.5 Å². The molecule has 3 heterocycles. The van der Waals surface area contributed by atoms with Crippen molar-refractivity contribution >= 4 is 52.3 Å². The lowest BCUT2D eigenvalue weighted by Gasteiger charge is -2.23. The van der Waals surface area contributed by atoms with Gasteiger partial charge in [-0.1, -0.05) is 29.8 Å². The second kappa shape index (κ2) is 10.5. The number of hydrogen-bond acceptors (Lipinski definition) is 6. The Labute approximate surface area is 233 Å². The lowest BCUT2D eigenvalue weighted by Crippen LogP contribution is -2.43. The number of nitrogens with zero attached hydrogens (tertiary/aromatic N) is 3. The van der Waals surface area contributed by atoms with Crippen LogP contribution in [-0.2, 0) is 9.59 Å². The van der Waals surface area contributed by atoms with Gasteiger partial charge in [0.15, 0.2) is 0 Å². The Morgan fingerprint density at radius 1 is 1.13 bits per heavy atom. The van der Waals surface area contributed by atoms with E-state index < -0.39 is 0 Å². The predicted octanol–water partition coefficient (Wildman–Crippen LogP) is 5.71. The van der Waals surface area contributed by atoms with E-state index in [1.54, 1.807) is 39.8 Å². The molecule has 0 unspecified atom stereocenters. The van der Waals surface area contributed by atoms with Gasteiger partial charge in [0.25, 0.3) is 0 Å². The number of methoxy groups -OCH3 is 1. The summed E-state index contributed by atoms with van der Waals surface area (Å²) in [5, 5.41) is 10.7. The molecule has 2 aromatic carbocycles. The number of carbonyl (C=O) groups is 2. The first-order chi connectivity index (χ1) is 18.5. The van der Waals surface area contributed by atoms with Crippen LogP contribution in [0.4, 0.5) is 5.82 Å². The van der Waals surface area contributed by atoms with Crippen molar-refractivity contribution in [2.45, 2.75) is 24.1 Å². The van der Waals surface area contributed by atoms with E-state index in [1.807, 2.05) is 60.0 Å². The van der Waals surface area contributed by atoms with E-state index in [0.29, 0.717) is 16.6 Å². The summed E-state index contributed by atoms with van der Waals surface area (Å²) in [6.07, 6.45) is 1.96. The highest BCUT2D eigenvalue weighted by molar-refractivity contribution is 8.00. The summed E-state index contributed by atoms with van der Waals surface area (Å²) < 4.78 is 7.15. The fraction of sp³-hybridized carbons (Fsp3) is 0.250. The zero-order chi connectivity index (χ0) is 26.2. The number of thioether (sulfide) groups is 1. The van der Waals surface area contributed by atoms with E-state index in [4.69, 9.17) is 21.4 Å². The molecule has 4 aromatic rings. The lowest BCUT2D eigenvalue weighted by atomic mass is 10.0. The van der Waals surface area contributed by atoms with E-state index in [1.165, 1.54) is 0 Å². The van der Waals surface area contributed by atoms with Gasteiger partial charge in [-0.25, -0.2) is 4.68 Å². The van der Waals surface area contributed by atoms with E-state index >= 15 is 0 Å². The van der Waals surface area contributed by atoms with Crippen LogP contribution >= 0.6 is 34.7 Å². The summed E-state index contributed by atoms with van der Waals surface area (Å²) in [7, 11) is 1.62. The van der Waals surface area contributed by atoms with Crippen LogP contribution in [0.25, 0.3) is 16.9 Å². The van der Waals surface area contributed by atoms with Gasteiger partial charge in [-0.15, -0.1) is 23.1 Å². The summed E-state index contributed by atoms with van der Waals surface area (Å²) in [4.78, 5) is 29.4. The van der Waals surface area contributed by atoms with E-state index in [0.717, 1.165) is 40.2 Å². The Bertz CT molecular complexity index is 1470. The molecule has 10 heteroatoms. The van der Waals surface area contributed by atoms with E-state index in [9.17, 15) is 9.59 Å². The van der Waals surface area contributed by atoms with E-state index in [-0.39, 0.29) is 35.4 Å². The van der Waals surface area contributed by atoms with E-state index in [2.05, 4.69) is 11.4 Å². The molecule has 2 aromatic heterocycles. The number of aromatic nitrogens is 2. The zero-order valence-electron chi connectivity index (χ0n) is 20.6. The molecule has 0 bridgehead atoms. The molecule has 6 rings (SSSR count). The predicted molar refractivity (Wildman–Crippen MR) is 153 cm³/mol. The molecule has 0 saturated heterocycles. The number of carbonyl (C=O) groups excluding carboxylic acids is 2. The Balaban J connectivity index is 1.58. The second-order valence-electron chi connectivity index (χ2n) is 9.23. The minimum atomic E-state index is -0.165. The molecule has 1 N–H and O–H groups in total. The first kappa shape index (κ1) is 25.0. The molecule has 0 spiro atoms. The number of thiophene rings is 1. The van der Waals surface area contributed by atoms with Gasteiger partial charge in [-0.2, -0.15) is 5.10 Å². The van der Waals surface area contributed by atoms with Gasteiger partial charge in [0.2, 0.25) is 11.8 Å². The number of halogens is 1. The number of amides is 2. The number of ether oxygens (including phenoxy) is 1. The summed E-state index contributed by atoms with van der Waals surface area (Å²) in [5.74, 6) is 1.28. The van der Waals surface area contributed by atoms with Crippen molar-refractivity contribution < 1.29 is 14.3 Å². The molecule has 194 valence electrons. The Morgan fingerprint density at radius 3 is 2.55 bits per heavy atom. The first-order valence-corrected chi connectivity index (χ1v) is 14.6. The largest absolute Gasteiger partial charge is 0.497 e. The van der Waals surface area contributed by atoms with Crippen molar-refractivity contribution in [1.29, 1.82) is 0 Å². The first-order valence-electron chi connectivity index (χ1n) is 12.3. The molecule has 1 fully saturated rings. The molecule has 7 nitrogen and oxygen atoms in total. The molecule has 0 radical (unpaired) electrons. The van der Waals surface area contributed by atoms with Crippen LogP contribution in [0.15, 0.2) is 66.0 Å². The average molecular weight is 565 g/mol. The topological polar surface area (TPSA) is 76.5 Å². The van der Waals surface area contributed by atoms with Crippen molar-refractivity contribution in [3.8, 4) is 22.7 Å². The summed E-state index contributed by atoms with van der Waals surface area (Å²) in [5.41, 5.74) is 3.30. The number of nitrogens with one attached hydrogen (secondary N) is 1. The highest BCUT2D eigenvalue weighted by atomic mass is 35.5. The third kappa shape index (κ3) is 4.93. The highest BCUT2D eigenvalue weighted by Crippen LogP contribution is 2.49. The maximum absolute atomic E-state index is 13.7. The standard InChI is InChI=1S/C28H25ClN4O3S2/c1-36-21-12-10-20(11-13-21)33-28-25(26(31-33)17-4-6-18(29)7-5-17)27(22-3-2-14-37-22)38-16-24(35)32(28)15-23(34)30-19-8-9-19/h2-7,10-14,19,27H,8-9,15-16H2,1H3,(H,30,34)/t27-/m0/s1. The number of benzene rings is 2. The third-order valence-electron chi connectivity index (χ3n) is 6.57. The quantitative estimate of drug-likeness (QED) is 0.311. The van der Waals surface area contributed by atoms with Gasteiger partial charge in [0.05, 0.1) is 29.5 Å². The van der Waals surface area contributed by atoms with Crippen molar-refractivity contribution in [3.63, 3.8) is 0 Å². The molecular formula is C28H25ClN4O3S2. The summed E-state index contributed by atoms with van der Waals surface area (Å²) in [6.45, 7) is -0.0675. The minimum absolute atomic E-state index is 0.0675. The third-order valence-corrected chi connectivity index (χ3v) is 9.14. The maximum Gasteiger partial charge on any atom is 0.240 e. The van der Waals surface area contributed by atoms with Gasteiger partial charge >= 0.3 is 0 Å². The fourth-order valence-electron chi connectivity index (χ4n) is 4.55. The SMILES string of the molecule is COc1ccc(-n2nc(-c3ccc(Cl)cc3)c3c2N(CC(=O)NC2CC2)C(=O)CS[C@H]3c2cccs2)cc1. The van der Waals surface area contributed by atoms with Crippen molar-refractivity contribution in [2.75, 3.05) is 24.3 Å². The zero-order valence-corrected chi connectivity index (χ0v) is 23.0. The van der Waals surface area contributed by atoms with Crippen LogP contribution in [0.3, 0.4) is 0 Å². The normalized spacial score (nSPS) is 17.2. The van der Waals surface area contributed by atoms with Gasteiger partial charge in [0.1, 0.15) is 18.1 Å². The summed E-state index contributed by atoms with van der Waals surface area (Å²) in [6, 6.07) is 19.4. The minimum Gasteiger partial charge on any atom is -0.497 e. The molecule has 1 aliphatic carbocycles. The van der Waals surface area contributed by atoms with Crippen molar-refractivity contribution in [3.05, 3.63) is 81.5 Å². The summed E-state index contributed by atoms with van der Waals surface area (Å²) >= 11 is 9.43. The number of anilines is 1. The van der Waals surface area contributed by atoms with Gasteiger partial charge in [-0.05, 0) is 60.7 Å². The van der Waals surface area contributed by atoms with Crippen LogP contribution in [0.5, 0.6) is 5.75 Å². The Kier molecular flexibility index (Phi) is 6.90. The van der Waals surface area contributed by atoms with Crippen LogP contribution in [-0.4, -0.2) is 47.0 Å². The van der Waals surface area contributed by atoms with Gasteiger partial charge < -0.3 is 10.1 Å². The monoisotopic (exact) mass is 564 g/mol. The van der Waals surface area contributed by atoms with Crippen LogP contribution in [0.2, 0.25) is 5.02 Å². The fourth-order valence-corrected chi connectivity index (χ4v) is 6.85. The van der Waals surface area contributed by atoms with Crippen LogP contribution < -0.4 is 15.0 Å². The maximum atomic E-state index is 13.7. The highest BCUT2D eigenvalue weighted by Gasteiger charge is 2.38. The molecule has 1 atom stereocenters. The van der Waals surface area contributed by atoms with Crippen molar-refractivity contribution in [2.24, 2.45) is 0 Å². The smallest absolute Gasteiger partial charge is 0.240 e. The molecule has 2 amide bonds. The number of fused-ring (bicyclic) bond motifs is 1. The number of hydrogen-bond donors (Lipinski definition) is 1. The van der Waals surface area contributed by atoms with Crippen LogP contribution in [0, 0.1) is 0 Å². The lowest BCUT2D eigenvalue weighted by molar-refractivity contribution is -0.123. The molecule has 38 heavy (non-hydrogen) atoms. The Morgan fingerprint density at radius 2 is 1.89 bits per heavy atom.